The zero-order valence-electron chi connectivity index (χ0n) is 18.3. The molecule has 3 aromatic carbocycles. The van der Waals surface area contributed by atoms with Gasteiger partial charge in [-0.3, -0.25) is 13.9 Å². The van der Waals surface area contributed by atoms with Crippen LogP contribution in [0.3, 0.4) is 0 Å². The van der Waals surface area contributed by atoms with E-state index in [2.05, 4.69) is 5.32 Å². The van der Waals surface area contributed by atoms with Crippen LogP contribution in [0.1, 0.15) is 18.5 Å². The van der Waals surface area contributed by atoms with Gasteiger partial charge in [-0.2, -0.15) is 0 Å². The van der Waals surface area contributed by atoms with Gasteiger partial charge in [-0.25, -0.2) is 12.8 Å². The molecule has 3 N–H and O–H groups in total. The number of primary amides is 1. The summed E-state index contributed by atoms with van der Waals surface area (Å²) in [5.74, 6) is -1.65. The van der Waals surface area contributed by atoms with E-state index < -0.39 is 40.2 Å². The first-order valence-electron chi connectivity index (χ1n) is 10.4. The number of hydrogen-bond donors (Lipinski definition) is 2. The molecular weight excluding hydrogens is 461 g/mol. The smallest absolute Gasteiger partial charge is 0.264 e. The van der Waals surface area contributed by atoms with E-state index in [9.17, 15) is 22.4 Å². The number of anilines is 1. The summed E-state index contributed by atoms with van der Waals surface area (Å²) >= 11 is 0. The molecule has 0 bridgehead atoms. The van der Waals surface area contributed by atoms with Crippen molar-refractivity contribution in [2.24, 2.45) is 5.73 Å². The van der Waals surface area contributed by atoms with Gasteiger partial charge in [-0.1, -0.05) is 30.3 Å². The maximum Gasteiger partial charge on any atom is 0.264 e. The minimum absolute atomic E-state index is 0.0702. The van der Waals surface area contributed by atoms with Crippen molar-refractivity contribution < 1.29 is 27.1 Å². The summed E-state index contributed by atoms with van der Waals surface area (Å²) in [6, 6.07) is 17.5. The topological polar surface area (TPSA) is 119 Å². The van der Waals surface area contributed by atoms with Crippen LogP contribution in [-0.4, -0.2) is 33.4 Å². The number of carbonyl (C=O) groups excluding carboxylic acids is 2. The van der Waals surface area contributed by atoms with Gasteiger partial charge in [0.25, 0.3) is 10.0 Å². The van der Waals surface area contributed by atoms with Crippen LogP contribution >= 0.6 is 0 Å². The summed E-state index contributed by atoms with van der Waals surface area (Å²) in [6.07, 6.45) is 0. The first-order valence-corrected chi connectivity index (χ1v) is 11.8. The average molecular weight is 486 g/mol. The van der Waals surface area contributed by atoms with Gasteiger partial charge < -0.3 is 15.8 Å². The van der Waals surface area contributed by atoms with E-state index in [1.807, 2.05) is 0 Å². The Kier molecular flexibility index (Phi) is 7.85. The van der Waals surface area contributed by atoms with E-state index in [0.717, 1.165) is 16.4 Å². The summed E-state index contributed by atoms with van der Waals surface area (Å²) in [6.45, 7) is 1.54. The van der Waals surface area contributed by atoms with Crippen molar-refractivity contribution in [3.05, 3.63) is 90.2 Å². The largest absolute Gasteiger partial charge is 0.494 e. The third-order valence-electron chi connectivity index (χ3n) is 4.85. The van der Waals surface area contributed by atoms with Gasteiger partial charge >= 0.3 is 0 Å². The summed E-state index contributed by atoms with van der Waals surface area (Å²) in [4.78, 5) is 24.7. The molecule has 0 spiro atoms. The van der Waals surface area contributed by atoms with Crippen LogP contribution in [-0.2, 0) is 19.6 Å². The van der Waals surface area contributed by atoms with Crippen molar-refractivity contribution in [1.82, 2.24) is 5.32 Å². The van der Waals surface area contributed by atoms with Crippen molar-refractivity contribution in [2.75, 3.05) is 17.5 Å². The van der Waals surface area contributed by atoms with Crippen molar-refractivity contribution in [3.63, 3.8) is 0 Å². The van der Waals surface area contributed by atoms with E-state index in [0.29, 0.717) is 17.9 Å². The first kappa shape index (κ1) is 24.7. The minimum atomic E-state index is -4.24. The van der Waals surface area contributed by atoms with Gasteiger partial charge in [-0.05, 0) is 61.0 Å². The highest BCUT2D eigenvalue weighted by molar-refractivity contribution is 7.92. The summed E-state index contributed by atoms with van der Waals surface area (Å²) < 4.78 is 46.5. The molecule has 0 aliphatic heterocycles. The van der Waals surface area contributed by atoms with E-state index >= 15 is 0 Å². The van der Waals surface area contributed by atoms with Gasteiger partial charge in [0.05, 0.1) is 17.2 Å². The molecule has 178 valence electrons. The number of nitrogens with two attached hydrogens (primary N) is 1. The maximum absolute atomic E-state index is 13.5. The molecule has 2 amide bonds. The normalized spacial score (nSPS) is 11.9. The van der Waals surface area contributed by atoms with Crippen LogP contribution in [0.4, 0.5) is 10.1 Å². The number of nitrogens with one attached hydrogen (secondary N) is 1. The fourth-order valence-electron chi connectivity index (χ4n) is 3.23. The molecule has 0 aliphatic rings. The molecule has 0 heterocycles. The standard InChI is InChI=1S/C24H24FN3O5S/c1-2-33-20-12-14-21(15-13-20)34(31,32)28(19-10-8-18(25)9-11-19)16-22(29)27-23(24(26)30)17-6-4-3-5-7-17/h3-15,23H,2,16H2,1H3,(H2,26,30)(H,27,29). The molecule has 0 aliphatic carbocycles. The third kappa shape index (κ3) is 5.90. The second-order valence-corrected chi connectivity index (χ2v) is 9.07. The Hall–Kier alpha value is -3.92. The molecule has 0 saturated heterocycles. The summed E-state index contributed by atoms with van der Waals surface area (Å²) in [5.41, 5.74) is 5.97. The Morgan fingerprint density at radius 1 is 1.00 bits per heavy atom. The molecular formula is C24H24FN3O5S. The first-order chi connectivity index (χ1) is 16.2. The summed E-state index contributed by atoms with van der Waals surface area (Å²) in [7, 11) is -4.24. The Balaban J connectivity index is 1.92. The highest BCUT2D eigenvalue weighted by Gasteiger charge is 2.29. The monoisotopic (exact) mass is 485 g/mol. The van der Waals surface area contributed by atoms with Gasteiger partial charge in [0.15, 0.2) is 0 Å². The number of ether oxygens (including phenoxy) is 1. The molecule has 34 heavy (non-hydrogen) atoms. The Bertz CT molecular complexity index is 1230. The second kappa shape index (κ2) is 10.8. The number of nitrogens with zero attached hydrogens (tertiary/aromatic N) is 1. The van der Waals surface area contributed by atoms with Crippen molar-refractivity contribution >= 4 is 27.5 Å². The van der Waals surface area contributed by atoms with E-state index in [1.165, 1.54) is 36.4 Å². The lowest BCUT2D eigenvalue weighted by Crippen LogP contribution is -2.44. The van der Waals surface area contributed by atoms with Crippen LogP contribution in [0.15, 0.2) is 83.8 Å². The van der Waals surface area contributed by atoms with Crippen molar-refractivity contribution in [1.29, 1.82) is 0 Å². The molecule has 0 aromatic heterocycles. The van der Waals surface area contributed by atoms with Crippen LogP contribution in [0.5, 0.6) is 5.75 Å². The number of hydrogen-bond acceptors (Lipinski definition) is 5. The summed E-state index contributed by atoms with van der Waals surface area (Å²) in [5, 5.41) is 2.48. The highest BCUT2D eigenvalue weighted by atomic mass is 32.2. The molecule has 1 atom stereocenters. The predicted octanol–water partition coefficient (Wildman–Crippen LogP) is 2.76. The number of rotatable bonds is 10. The Labute approximate surface area is 197 Å². The quantitative estimate of drug-likeness (QED) is 0.458. The number of sulfonamides is 1. The number of halogens is 1. The zero-order valence-corrected chi connectivity index (χ0v) is 19.2. The number of amides is 2. The predicted molar refractivity (Wildman–Crippen MR) is 125 cm³/mol. The fourth-order valence-corrected chi connectivity index (χ4v) is 4.65. The number of carbonyl (C=O) groups is 2. The van der Waals surface area contributed by atoms with Gasteiger partial charge in [0, 0.05) is 0 Å². The molecule has 0 fully saturated rings. The van der Waals surface area contributed by atoms with Crippen LogP contribution < -0.4 is 20.1 Å². The van der Waals surface area contributed by atoms with E-state index in [-0.39, 0.29) is 10.6 Å². The van der Waals surface area contributed by atoms with Gasteiger partial charge in [0.2, 0.25) is 11.8 Å². The van der Waals surface area contributed by atoms with Crippen LogP contribution in [0.2, 0.25) is 0 Å². The molecule has 8 nitrogen and oxygen atoms in total. The van der Waals surface area contributed by atoms with Crippen LogP contribution in [0, 0.1) is 5.82 Å². The van der Waals surface area contributed by atoms with Crippen LogP contribution in [0.25, 0.3) is 0 Å². The maximum atomic E-state index is 13.5. The highest BCUT2D eigenvalue weighted by Crippen LogP contribution is 2.25. The van der Waals surface area contributed by atoms with Crippen molar-refractivity contribution in [3.8, 4) is 5.75 Å². The lowest BCUT2D eigenvalue weighted by atomic mass is 10.1. The molecule has 3 rings (SSSR count). The van der Waals surface area contributed by atoms with Gasteiger partial charge in [-0.15, -0.1) is 0 Å². The lowest BCUT2D eigenvalue weighted by molar-refractivity contribution is -0.126. The zero-order chi connectivity index (χ0) is 24.7. The lowest BCUT2D eigenvalue weighted by Gasteiger charge is -2.25. The van der Waals surface area contributed by atoms with Crippen molar-refractivity contribution in [2.45, 2.75) is 17.9 Å². The molecule has 10 heteroatoms. The molecule has 3 aromatic rings. The molecule has 0 radical (unpaired) electrons. The molecule has 1 unspecified atom stereocenters. The SMILES string of the molecule is CCOc1ccc(S(=O)(=O)N(CC(=O)NC(C(N)=O)c2ccccc2)c2ccc(F)cc2)cc1. The Morgan fingerprint density at radius 2 is 1.62 bits per heavy atom. The van der Waals surface area contributed by atoms with E-state index in [4.69, 9.17) is 10.5 Å². The number of benzene rings is 3. The average Bonchev–Trinajstić information content (AvgIpc) is 2.82. The minimum Gasteiger partial charge on any atom is -0.494 e. The second-order valence-electron chi connectivity index (χ2n) is 7.21. The fraction of sp³-hybridized carbons (Fsp3) is 0.167. The third-order valence-corrected chi connectivity index (χ3v) is 6.64. The Morgan fingerprint density at radius 3 is 2.18 bits per heavy atom. The van der Waals surface area contributed by atoms with Gasteiger partial charge in [0.1, 0.15) is 24.2 Å². The molecule has 0 saturated carbocycles. The van der Waals surface area contributed by atoms with E-state index in [1.54, 1.807) is 37.3 Å².